The van der Waals surface area contributed by atoms with Crippen molar-refractivity contribution >= 4 is 29.0 Å². The molecule has 0 bridgehead atoms. The number of rotatable bonds is 8. The molecule has 1 aromatic carbocycles. The summed E-state index contributed by atoms with van der Waals surface area (Å²) in [5.41, 5.74) is 1.39. The normalized spacial score (nSPS) is 10.2. The molecule has 1 amide bonds. The van der Waals surface area contributed by atoms with E-state index in [4.69, 9.17) is 0 Å². The number of carbonyl (C=O) groups excluding carboxylic acids is 1. The first kappa shape index (κ1) is 19.7. The molecular formula is C19H19N7O3. The molecule has 148 valence electrons. The van der Waals surface area contributed by atoms with E-state index in [2.05, 4.69) is 31.1 Å². The fraction of sp³-hybridized carbons (Fsp3) is 0.158. The predicted molar refractivity (Wildman–Crippen MR) is 108 cm³/mol. The molecule has 3 rings (SSSR count). The Balaban J connectivity index is 1.43. The highest BCUT2D eigenvalue weighted by Crippen LogP contribution is 2.13. The van der Waals surface area contributed by atoms with Crippen LogP contribution in [0.1, 0.15) is 15.9 Å². The second-order valence-corrected chi connectivity index (χ2v) is 6.13. The first-order valence-corrected chi connectivity index (χ1v) is 8.81. The molecule has 0 radical (unpaired) electrons. The molecule has 10 heteroatoms. The van der Waals surface area contributed by atoms with Crippen molar-refractivity contribution in [2.45, 2.75) is 6.92 Å². The summed E-state index contributed by atoms with van der Waals surface area (Å²) >= 11 is 0. The molecule has 0 aliphatic rings. The van der Waals surface area contributed by atoms with E-state index in [1.54, 1.807) is 18.3 Å². The largest absolute Gasteiger partial charge is 0.367 e. The molecule has 0 aliphatic carbocycles. The summed E-state index contributed by atoms with van der Waals surface area (Å²) in [6, 6.07) is 12.8. The zero-order valence-electron chi connectivity index (χ0n) is 15.6. The molecule has 0 aliphatic heterocycles. The van der Waals surface area contributed by atoms with E-state index in [1.807, 2.05) is 19.1 Å². The topological polar surface area (TPSA) is 135 Å². The van der Waals surface area contributed by atoms with Crippen LogP contribution in [0.2, 0.25) is 0 Å². The molecule has 0 fully saturated rings. The van der Waals surface area contributed by atoms with Crippen LogP contribution in [0, 0.1) is 17.0 Å². The third-order valence-electron chi connectivity index (χ3n) is 3.89. The Labute approximate surface area is 166 Å². The number of aromatic nitrogens is 3. The molecule has 0 saturated heterocycles. The minimum absolute atomic E-state index is 0.0575. The summed E-state index contributed by atoms with van der Waals surface area (Å²) in [7, 11) is 0. The van der Waals surface area contributed by atoms with Gasteiger partial charge in [0.1, 0.15) is 11.6 Å². The average molecular weight is 393 g/mol. The number of nitro groups is 1. The number of nitrogens with zero attached hydrogens (tertiary/aromatic N) is 4. The van der Waals surface area contributed by atoms with Crippen molar-refractivity contribution in [2.75, 3.05) is 23.7 Å². The summed E-state index contributed by atoms with van der Waals surface area (Å²) in [6.45, 7) is 2.77. The zero-order chi connectivity index (χ0) is 20.6. The number of benzene rings is 1. The zero-order valence-corrected chi connectivity index (χ0v) is 15.6. The van der Waals surface area contributed by atoms with Crippen LogP contribution in [0.25, 0.3) is 0 Å². The lowest BCUT2D eigenvalue weighted by atomic mass is 10.2. The number of non-ortho nitro benzene ring substituents is 1. The number of hydrogen-bond donors (Lipinski definition) is 3. The molecule has 2 heterocycles. The Morgan fingerprint density at radius 3 is 2.38 bits per heavy atom. The molecule has 29 heavy (non-hydrogen) atoms. The Morgan fingerprint density at radius 1 is 1.00 bits per heavy atom. The van der Waals surface area contributed by atoms with Gasteiger partial charge in [0.05, 0.1) is 4.92 Å². The first-order valence-electron chi connectivity index (χ1n) is 8.81. The van der Waals surface area contributed by atoms with Crippen LogP contribution >= 0.6 is 0 Å². The van der Waals surface area contributed by atoms with Crippen molar-refractivity contribution in [2.24, 2.45) is 0 Å². The van der Waals surface area contributed by atoms with Gasteiger partial charge < -0.3 is 16.0 Å². The number of carbonyl (C=O) groups is 1. The van der Waals surface area contributed by atoms with Gasteiger partial charge in [-0.3, -0.25) is 14.9 Å². The van der Waals surface area contributed by atoms with Crippen molar-refractivity contribution in [1.29, 1.82) is 0 Å². The minimum atomic E-state index is -0.509. The maximum absolute atomic E-state index is 12.0. The number of nitrogens with one attached hydrogen (secondary N) is 3. The Morgan fingerprint density at radius 2 is 1.72 bits per heavy atom. The van der Waals surface area contributed by atoms with Gasteiger partial charge in [0.25, 0.3) is 11.6 Å². The number of aryl methyl sites for hydroxylation is 1. The van der Waals surface area contributed by atoms with Crippen LogP contribution in [0.15, 0.2) is 54.7 Å². The SMILES string of the molecule is Cc1ccnc(Nc2ccc(NCCNC(=O)c3ccc([N+](=O)[O-])cc3)nn2)c1. The highest BCUT2D eigenvalue weighted by Gasteiger charge is 2.09. The third kappa shape index (κ3) is 5.70. The number of hydrogen-bond acceptors (Lipinski definition) is 8. The van der Waals surface area contributed by atoms with Crippen molar-refractivity contribution in [3.8, 4) is 0 Å². The fourth-order valence-electron chi connectivity index (χ4n) is 2.43. The van der Waals surface area contributed by atoms with Gasteiger partial charge in [0.15, 0.2) is 5.82 Å². The van der Waals surface area contributed by atoms with Gasteiger partial charge in [-0.25, -0.2) is 4.98 Å². The van der Waals surface area contributed by atoms with E-state index in [0.717, 1.165) is 5.56 Å². The Kier molecular flexibility index (Phi) is 6.25. The molecule has 0 spiro atoms. The lowest BCUT2D eigenvalue weighted by Gasteiger charge is -2.08. The number of amides is 1. The van der Waals surface area contributed by atoms with Crippen LogP contribution < -0.4 is 16.0 Å². The molecule has 0 saturated carbocycles. The van der Waals surface area contributed by atoms with Crippen LogP contribution in [-0.4, -0.2) is 39.1 Å². The van der Waals surface area contributed by atoms with Crippen LogP contribution in [-0.2, 0) is 0 Å². The van der Waals surface area contributed by atoms with E-state index in [-0.39, 0.29) is 11.6 Å². The van der Waals surface area contributed by atoms with Crippen molar-refractivity contribution < 1.29 is 9.72 Å². The quantitative estimate of drug-likeness (QED) is 0.302. The molecule has 2 aromatic heterocycles. The number of pyridine rings is 1. The lowest BCUT2D eigenvalue weighted by Crippen LogP contribution is -2.28. The van der Waals surface area contributed by atoms with E-state index in [9.17, 15) is 14.9 Å². The fourth-order valence-corrected chi connectivity index (χ4v) is 2.43. The number of anilines is 3. The lowest BCUT2D eigenvalue weighted by molar-refractivity contribution is -0.384. The Hall–Kier alpha value is -4.08. The van der Waals surface area contributed by atoms with Crippen molar-refractivity contribution in [1.82, 2.24) is 20.5 Å². The summed E-state index contributed by atoms with van der Waals surface area (Å²) in [5, 5.41) is 27.6. The maximum atomic E-state index is 12.0. The smallest absolute Gasteiger partial charge is 0.269 e. The standard InChI is InChI=1S/C19H19N7O3/c1-13-8-9-20-18(12-13)23-17-7-6-16(24-25-17)21-10-11-22-19(27)14-2-4-15(5-3-14)26(28)29/h2-9,12H,10-11H2,1H3,(H,21,24)(H,22,27)(H,20,23,25). The van der Waals surface area contributed by atoms with Crippen molar-refractivity contribution in [3.05, 3.63) is 76.0 Å². The summed E-state index contributed by atoms with van der Waals surface area (Å²) in [4.78, 5) is 26.4. The van der Waals surface area contributed by atoms with Crippen LogP contribution in [0.5, 0.6) is 0 Å². The van der Waals surface area contributed by atoms with E-state index >= 15 is 0 Å². The molecular weight excluding hydrogens is 374 g/mol. The van der Waals surface area contributed by atoms with Crippen LogP contribution in [0.4, 0.5) is 23.1 Å². The maximum Gasteiger partial charge on any atom is 0.269 e. The molecule has 10 nitrogen and oxygen atoms in total. The first-order chi connectivity index (χ1) is 14.0. The second kappa shape index (κ2) is 9.22. The van der Waals surface area contributed by atoms with Gasteiger partial charge in [-0.2, -0.15) is 0 Å². The summed E-state index contributed by atoms with van der Waals surface area (Å²) in [6.07, 6.45) is 1.71. The number of nitro benzene ring substituents is 1. The van der Waals surface area contributed by atoms with E-state index < -0.39 is 4.92 Å². The van der Waals surface area contributed by atoms with Gasteiger partial charge in [-0.05, 0) is 48.9 Å². The van der Waals surface area contributed by atoms with Gasteiger partial charge in [0.2, 0.25) is 0 Å². The molecule has 3 aromatic rings. The van der Waals surface area contributed by atoms with Gasteiger partial charge in [0, 0.05) is 37.0 Å². The molecule has 0 atom stereocenters. The van der Waals surface area contributed by atoms with E-state index in [0.29, 0.717) is 36.1 Å². The highest BCUT2D eigenvalue weighted by molar-refractivity contribution is 5.94. The summed E-state index contributed by atoms with van der Waals surface area (Å²) in [5.74, 6) is 1.52. The molecule has 0 unspecified atom stereocenters. The average Bonchev–Trinajstić information content (AvgIpc) is 2.72. The van der Waals surface area contributed by atoms with E-state index in [1.165, 1.54) is 24.3 Å². The highest BCUT2D eigenvalue weighted by atomic mass is 16.6. The third-order valence-corrected chi connectivity index (χ3v) is 3.89. The van der Waals surface area contributed by atoms with Gasteiger partial charge >= 0.3 is 0 Å². The predicted octanol–water partition coefficient (Wildman–Crippen LogP) is 2.67. The van der Waals surface area contributed by atoms with Gasteiger partial charge in [-0.15, -0.1) is 10.2 Å². The second-order valence-electron chi connectivity index (χ2n) is 6.13. The minimum Gasteiger partial charge on any atom is -0.367 e. The van der Waals surface area contributed by atoms with Gasteiger partial charge in [-0.1, -0.05) is 0 Å². The summed E-state index contributed by atoms with van der Waals surface area (Å²) < 4.78 is 0. The van der Waals surface area contributed by atoms with Crippen molar-refractivity contribution in [3.63, 3.8) is 0 Å². The van der Waals surface area contributed by atoms with Crippen LogP contribution in [0.3, 0.4) is 0 Å². The molecule has 3 N–H and O–H groups in total. The monoisotopic (exact) mass is 393 g/mol. The Bertz CT molecular complexity index is 991.